The van der Waals surface area contributed by atoms with E-state index in [9.17, 15) is 14.7 Å². The molecule has 3 N–H and O–H groups in total. The first-order chi connectivity index (χ1) is 11.6. The van der Waals surface area contributed by atoms with Crippen LogP contribution in [0.3, 0.4) is 0 Å². The van der Waals surface area contributed by atoms with E-state index in [4.69, 9.17) is 9.84 Å². The maximum absolute atomic E-state index is 12.0. The van der Waals surface area contributed by atoms with Crippen LogP contribution in [0.1, 0.15) is 34.9 Å². The van der Waals surface area contributed by atoms with Crippen molar-refractivity contribution in [2.45, 2.75) is 18.9 Å². The van der Waals surface area contributed by atoms with Crippen LogP contribution < -0.4 is 5.32 Å². The maximum atomic E-state index is 12.0. The van der Waals surface area contributed by atoms with Crippen LogP contribution in [-0.2, 0) is 4.74 Å². The number of imide groups is 1. The van der Waals surface area contributed by atoms with Gasteiger partial charge >= 0.3 is 6.09 Å². The summed E-state index contributed by atoms with van der Waals surface area (Å²) in [7, 11) is 0. The summed E-state index contributed by atoms with van der Waals surface area (Å²) in [6.07, 6.45) is -0.652. The molecule has 0 bridgehead atoms. The van der Waals surface area contributed by atoms with E-state index < -0.39 is 18.1 Å². The molecule has 0 aliphatic rings. The van der Waals surface area contributed by atoms with Gasteiger partial charge in [0.1, 0.15) is 11.9 Å². The van der Waals surface area contributed by atoms with Gasteiger partial charge in [0.15, 0.2) is 0 Å². The number of phenols is 1. The Kier molecular flexibility index (Phi) is 6.33. The van der Waals surface area contributed by atoms with Gasteiger partial charge < -0.3 is 14.9 Å². The fraction of sp³-hybridized carbons (Fsp3) is 0.222. The van der Waals surface area contributed by atoms with Gasteiger partial charge in [-0.2, -0.15) is 0 Å². The van der Waals surface area contributed by atoms with Crippen LogP contribution in [0.2, 0.25) is 0 Å². The monoisotopic (exact) mass is 329 g/mol. The number of carbonyl (C=O) groups is 2. The molecule has 6 heteroatoms. The predicted molar refractivity (Wildman–Crippen MR) is 87.6 cm³/mol. The zero-order valence-corrected chi connectivity index (χ0v) is 13.0. The highest BCUT2D eigenvalue weighted by atomic mass is 16.6. The van der Waals surface area contributed by atoms with Crippen LogP contribution in [0.5, 0.6) is 5.75 Å². The minimum Gasteiger partial charge on any atom is -0.508 e. The molecule has 2 aromatic carbocycles. The largest absolute Gasteiger partial charge is 0.508 e. The summed E-state index contributed by atoms with van der Waals surface area (Å²) in [4.78, 5) is 23.9. The first-order valence-corrected chi connectivity index (χ1v) is 7.57. The van der Waals surface area contributed by atoms with E-state index in [2.05, 4.69) is 5.32 Å². The third-order valence-corrected chi connectivity index (χ3v) is 3.39. The second-order valence-corrected chi connectivity index (χ2v) is 5.17. The van der Waals surface area contributed by atoms with E-state index in [0.29, 0.717) is 24.0 Å². The third kappa shape index (κ3) is 5.10. The Morgan fingerprint density at radius 1 is 1.04 bits per heavy atom. The average Bonchev–Trinajstić information content (AvgIpc) is 2.60. The minimum atomic E-state index is -0.861. The van der Waals surface area contributed by atoms with Crippen molar-refractivity contribution in [1.82, 2.24) is 5.32 Å². The Morgan fingerprint density at radius 3 is 2.33 bits per heavy atom. The Bertz CT molecular complexity index is 670. The average molecular weight is 329 g/mol. The van der Waals surface area contributed by atoms with Gasteiger partial charge in [-0.15, -0.1) is 0 Å². The van der Waals surface area contributed by atoms with Crippen molar-refractivity contribution < 1.29 is 24.5 Å². The SMILES string of the molecule is O=C(NC(=O)c1ccccc1)O[C@H](CCCO)c1ccc(O)cc1. The fourth-order valence-corrected chi connectivity index (χ4v) is 2.17. The molecule has 24 heavy (non-hydrogen) atoms. The molecule has 2 rings (SSSR count). The van der Waals surface area contributed by atoms with Crippen molar-refractivity contribution in [3.05, 3.63) is 65.7 Å². The number of benzene rings is 2. The van der Waals surface area contributed by atoms with E-state index in [1.54, 1.807) is 42.5 Å². The van der Waals surface area contributed by atoms with Gasteiger partial charge in [-0.1, -0.05) is 30.3 Å². The summed E-state index contributed by atoms with van der Waals surface area (Å²) in [5.74, 6) is -0.449. The molecule has 0 aliphatic heterocycles. The number of aliphatic hydroxyl groups excluding tert-OH is 1. The van der Waals surface area contributed by atoms with Crippen LogP contribution in [-0.4, -0.2) is 28.8 Å². The molecule has 0 aliphatic carbocycles. The molecule has 0 radical (unpaired) electrons. The summed E-state index contributed by atoms with van der Waals surface area (Å²) in [5, 5.41) is 20.5. The second-order valence-electron chi connectivity index (χ2n) is 5.17. The molecule has 126 valence electrons. The van der Waals surface area contributed by atoms with E-state index in [1.165, 1.54) is 12.1 Å². The second kappa shape index (κ2) is 8.69. The van der Waals surface area contributed by atoms with Gasteiger partial charge in [0.2, 0.25) is 0 Å². The Labute approximate surface area is 139 Å². The zero-order chi connectivity index (χ0) is 17.4. The number of nitrogens with one attached hydrogen (secondary N) is 1. The topological polar surface area (TPSA) is 95.9 Å². The van der Waals surface area contributed by atoms with Gasteiger partial charge in [0, 0.05) is 12.2 Å². The van der Waals surface area contributed by atoms with Crippen LogP contribution in [0.25, 0.3) is 0 Å². The summed E-state index contributed by atoms with van der Waals surface area (Å²) in [6.45, 7) is -0.0392. The van der Waals surface area contributed by atoms with Crippen molar-refractivity contribution in [3.8, 4) is 5.75 Å². The quantitative estimate of drug-likeness (QED) is 0.757. The van der Waals surface area contributed by atoms with Gasteiger partial charge in [-0.25, -0.2) is 4.79 Å². The molecule has 6 nitrogen and oxygen atoms in total. The molecule has 0 fully saturated rings. The summed E-state index contributed by atoms with van der Waals surface area (Å²) in [5.41, 5.74) is 1.02. The molecular formula is C18H19NO5. The lowest BCUT2D eigenvalue weighted by Crippen LogP contribution is -2.32. The van der Waals surface area contributed by atoms with Crippen molar-refractivity contribution in [2.24, 2.45) is 0 Å². The molecule has 0 saturated heterocycles. The van der Waals surface area contributed by atoms with E-state index in [1.807, 2.05) is 0 Å². The Morgan fingerprint density at radius 2 is 1.71 bits per heavy atom. The molecular weight excluding hydrogens is 310 g/mol. The third-order valence-electron chi connectivity index (χ3n) is 3.39. The number of rotatable bonds is 6. The Balaban J connectivity index is 2.01. The molecule has 0 heterocycles. The fourth-order valence-electron chi connectivity index (χ4n) is 2.17. The molecule has 2 amide bonds. The molecule has 1 atom stereocenters. The van der Waals surface area contributed by atoms with Gasteiger partial charge in [0.05, 0.1) is 0 Å². The van der Waals surface area contributed by atoms with E-state index in [0.717, 1.165) is 0 Å². The molecule has 0 saturated carbocycles. The van der Waals surface area contributed by atoms with Crippen molar-refractivity contribution in [3.63, 3.8) is 0 Å². The van der Waals surface area contributed by atoms with E-state index >= 15 is 0 Å². The number of carbonyl (C=O) groups excluding carboxylic acids is 2. The van der Waals surface area contributed by atoms with Crippen molar-refractivity contribution in [1.29, 1.82) is 0 Å². The van der Waals surface area contributed by atoms with Crippen LogP contribution >= 0.6 is 0 Å². The summed E-state index contributed by atoms with van der Waals surface area (Å²) in [6, 6.07) is 14.6. The van der Waals surface area contributed by atoms with Gasteiger partial charge in [-0.05, 0) is 42.7 Å². The van der Waals surface area contributed by atoms with E-state index in [-0.39, 0.29) is 12.4 Å². The van der Waals surface area contributed by atoms with Crippen LogP contribution in [0.15, 0.2) is 54.6 Å². The van der Waals surface area contributed by atoms with Gasteiger partial charge in [0.25, 0.3) is 5.91 Å². The number of aliphatic hydroxyl groups is 1. The number of hydrogen-bond donors (Lipinski definition) is 3. The normalized spacial score (nSPS) is 11.5. The van der Waals surface area contributed by atoms with Crippen molar-refractivity contribution in [2.75, 3.05) is 6.61 Å². The predicted octanol–water partition coefficient (Wildman–Crippen LogP) is 2.77. The van der Waals surface area contributed by atoms with Crippen LogP contribution in [0, 0.1) is 0 Å². The highest BCUT2D eigenvalue weighted by Gasteiger charge is 2.18. The van der Waals surface area contributed by atoms with Crippen molar-refractivity contribution >= 4 is 12.0 Å². The standard InChI is InChI=1S/C18H19NO5/c20-12-4-7-16(13-8-10-15(21)11-9-13)24-18(23)19-17(22)14-5-2-1-3-6-14/h1-3,5-6,8-11,16,20-21H,4,7,12H2,(H,19,22,23)/t16-/m1/s1. The number of phenolic OH excluding ortho intramolecular Hbond substituents is 1. The summed E-state index contributed by atoms with van der Waals surface area (Å²) < 4.78 is 5.31. The lowest BCUT2D eigenvalue weighted by Gasteiger charge is -2.18. The maximum Gasteiger partial charge on any atom is 0.414 e. The lowest BCUT2D eigenvalue weighted by atomic mass is 10.0. The minimum absolute atomic E-state index is 0.0392. The van der Waals surface area contributed by atoms with Crippen LogP contribution in [0.4, 0.5) is 4.79 Å². The molecule has 0 aromatic heterocycles. The molecule has 2 aromatic rings. The highest BCUT2D eigenvalue weighted by Crippen LogP contribution is 2.24. The first-order valence-electron chi connectivity index (χ1n) is 7.57. The number of alkyl carbamates (subject to hydrolysis) is 1. The highest BCUT2D eigenvalue weighted by molar-refractivity contribution is 6.02. The lowest BCUT2D eigenvalue weighted by molar-refractivity contribution is 0.0770. The summed E-state index contributed by atoms with van der Waals surface area (Å²) >= 11 is 0. The Hall–Kier alpha value is -2.86. The number of aromatic hydroxyl groups is 1. The number of amides is 2. The first kappa shape index (κ1) is 17.5. The zero-order valence-electron chi connectivity index (χ0n) is 13.0. The number of hydrogen-bond acceptors (Lipinski definition) is 5. The smallest absolute Gasteiger partial charge is 0.414 e. The number of ether oxygens (including phenoxy) is 1. The van der Waals surface area contributed by atoms with Gasteiger partial charge in [-0.3, -0.25) is 10.1 Å². The molecule has 0 spiro atoms. The molecule has 0 unspecified atom stereocenters.